The highest BCUT2D eigenvalue weighted by Gasteiger charge is 2.22. The molecule has 0 fully saturated rings. The van der Waals surface area contributed by atoms with Crippen LogP contribution >= 0.6 is 0 Å². The summed E-state index contributed by atoms with van der Waals surface area (Å²) in [5.41, 5.74) is -0.176. The number of ether oxygens (including phenoxy) is 3. The van der Waals surface area contributed by atoms with Gasteiger partial charge in [0.25, 0.3) is 0 Å². The number of benzene rings is 1. The third-order valence-corrected chi connectivity index (χ3v) is 3.05. The molecule has 7 heteroatoms. The van der Waals surface area contributed by atoms with E-state index < -0.39 is 23.9 Å². The van der Waals surface area contributed by atoms with E-state index in [1.54, 1.807) is 39.0 Å². The highest BCUT2D eigenvalue weighted by atomic mass is 16.6. The zero-order valence-corrected chi connectivity index (χ0v) is 14.8. The zero-order valence-electron chi connectivity index (χ0n) is 14.8. The van der Waals surface area contributed by atoms with Crippen molar-refractivity contribution in [3.63, 3.8) is 0 Å². The number of amides is 1. The van der Waals surface area contributed by atoms with Gasteiger partial charge in [0.15, 0.2) is 11.5 Å². The molecule has 1 aromatic carbocycles. The summed E-state index contributed by atoms with van der Waals surface area (Å²) in [6.07, 6.45) is -3.04. The Labute approximate surface area is 142 Å². The largest absolute Gasteiger partial charge is 0.493 e. The highest BCUT2D eigenvalue weighted by Crippen LogP contribution is 2.31. The maximum absolute atomic E-state index is 11.6. The van der Waals surface area contributed by atoms with Gasteiger partial charge in [-0.3, -0.25) is 0 Å². The number of alkyl carbamates (subject to hydrolysis) is 1. The number of nitrogens with one attached hydrogen (secondary N) is 1. The fourth-order valence-corrected chi connectivity index (χ4v) is 1.98. The SMILES string of the molecule is CCOc1ccc(C(O)C(O)CNC(=O)OC(C)(C)C)cc1OC. The molecule has 24 heavy (non-hydrogen) atoms. The van der Waals surface area contributed by atoms with Gasteiger partial charge in [-0.05, 0) is 45.4 Å². The van der Waals surface area contributed by atoms with E-state index in [1.807, 2.05) is 6.92 Å². The first-order valence-electron chi connectivity index (χ1n) is 7.81. The maximum atomic E-state index is 11.6. The zero-order chi connectivity index (χ0) is 18.3. The molecule has 2 unspecified atom stereocenters. The minimum atomic E-state index is -1.19. The van der Waals surface area contributed by atoms with Crippen molar-refractivity contribution < 1.29 is 29.2 Å². The summed E-state index contributed by atoms with van der Waals surface area (Å²) in [4.78, 5) is 11.6. The molecule has 0 aromatic heterocycles. The lowest BCUT2D eigenvalue weighted by Gasteiger charge is -2.22. The van der Waals surface area contributed by atoms with Crippen LogP contribution in [-0.2, 0) is 4.74 Å². The topological polar surface area (TPSA) is 97.2 Å². The second kappa shape index (κ2) is 8.75. The van der Waals surface area contributed by atoms with Gasteiger partial charge in [0.05, 0.1) is 13.7 Å². The summed E-state index contributed by atoms with van der Waals surface area (Å²) >= 11 is 0. The normalized spacial score (nSPS) is 13.8. The van der Waals surface area contributed by atoms with Crippen molar-refractivity contribution in [2.45, 2.75) is 45.5 Å². The van der Waals surface area contributed by atoms with Crippen LogP contribution in [-0.4, -0.2) is 48.3 Å². The van der Waals surface area contributed by atoms with Crippen molar-refractivity contribution in [3.05, 3.63) is 23.8 Å². The molecular weight excluding hydrogens is 314 g/mol. The molecule has 3 N–H and O–H groups in total. The van der Waals surface area contributed by atoms with Crippen LogP contribution < -0.4 is 14.8 Å². The first-order valence-corrected chi connectivity index (χ1v) is 7.81. The molecule has 0 aliphatic carbocycles. The smallest absolute Gasteiger partial charge is 0.407 e. The first kappa shape index (κ1) is 20.1. The van der Waals surface area contributed by atoms with Crippen LogP contribution in [0.2, 0.25) is 0 Å². The van der Waals surface area contributed by atoms with Gasteiger partial charge in [-0.2, -0.15) is 0 Å². The number of carbonyl (C=O) groups excluding carboxylic acids is 1. The molecular formula is C17H27NO6. The van der Waals surface area contributed by atoms with E-state index in [-0.39, 0.29) is 6.54 Å². The van der Waals surface area contributed by atoms with Gasteiger partial charge in [0, 0.05) is 6.54 Å². The number of aliphatic hydroxyl groups is 2. The summed E-state index contributed by atoms with van der Waals surface area (Å²) in [5, 5.41) is 22.7. The maximum Gasteiger partial charge on any atom is 0.407 e. The molecule has 0 heterocycles. The Morgan fingerprint density at radius 1 is 1.25 bits per heavy atom. The lowest BCUT2D eigenvalue weighted by Crippen LogP contribution is -2.38. The first-order chi connectivity index (χ1) is 11.2. The molecule has 0 aliphatic rings. The molecule has 7 nitrogen and oxygen atoms in total. The summed E-state index contributed by atoms with van der Waals surface area (Å²) in [6.45, 7) is 7.42. The third kappa shape index (κ3) is 6.25. The van der Waals surface area contributed by atoms with Crippen LogP contribution in [0.25, 0.3) is 0 Å². The number of methoxy groups -OCH3 is 1. The average molecular weight is 341 g/mol. The van der Waals surface area contributed by atoms with Gasteiger partial charge in [0.2, 0.25) is 0 Å². The Hall–Kier alpha value is -1.99. The lowest BCUT2D eigenvalue weighted by molar-refractivity contribution is 0.0128. The van der Waals surface area contributed by atoms with E-state index in [0.717, 1.165) is 0 Å². The average Bonchev–Trinajstić information content (AvgIpc) is 2.51. The number of hydrogen-bond donors (Lipinski definition) is 3. The Balaban J connectivity index is 2.68. The molecule has 2 atom stereocenters. The lowest BCUT2D eigenvalue weighted by atomic mass is 10.0. The van der Waals surface area contributed by atoms with Gasteiger partial charge in [-0.25, -0.2) is 4.79 Å². The van der Waals surface area contributed by atoms with Crippen LogP contribution in [0.4, 0.5) is 4.79 Å². The van der Waals surface area contributed by atoms with Gasteiger partial charge in [-0.1, -0.05) is 6.07 Å². The van der Waals surface area contributed by atoms with Crippen LogP contribution in [0.3, 0.4) is 0 Å². The van der Waals surface area contributed by atoms with Gasteiger partial charge in [0.1, 0.15) is 17.8 Å². The van der Waals surface area contributed by atoms with Gasteiger partial charge >= 0.3 is 6.09 Å². The van der Waals surface area contributed by atoms with Crippen molar-refractivity contribution in [2.24, 2.45) is 0 Å². The number of carbonyl (C=O) groups is 1. The Kier molecular flexibility index (Phi) is 7.31. The summed E-state index contributed by atoms with van der Waals surface area (Å²) in [7, 11) is 1.49. The second-order valence-electron chi connectivity index (χ2n) is 6.24. The number of rotatable bonds is 7. The van der Waals surface area contributed by atoms with Crippen LogP contribution in [0, 0.1) is 0 Å². The predicted octanol–water partition coefficient (Wildman–Crippen LogP) is 2.01. The van der Waals surface area contributed by atoms with Crippen LogP contribution in [0.15, 0.2) is 18.2 Å². The van der Waals surface area contributed by atoms with E-state index >= 15 is 0 Å². The molecule has 0 saturated carbocycles. The molecule has 1 aromatic rings. The van der Waals surface area contributed by atoms with Crippen molar-refractivity contribution in [3.8, 4) is 11.5 Å². The van der Waals surface area contributed by atoms with E-state index in [1.165, 1.54) is 7.11 Å². The summed E-state index contributed by atoms with van der Waals surface area (Å²) in [5.74, 6) is 1.01. The van der Waals surface area contributed by atoms with E-state index in [9.17, 15) is 15.0 Å². The molecule has 0 aliphatic heterocycles. The van der Waals surface area contributed by atoms with Crippen molar-refractivity contribution >= 4 is 6.09 Å². The van der Waals surface area contributed by atoms with Gasteiger partial charge in [-0.15, -0.1) is 0 Å². The van der Waals surface area contributed by atoms with Crippen molar-refractivity contribution in [1.82, 2.24) is 5.32 Å². The third-order valence-electron chi connectivity index (χ3n) is 3.05. The number of aliphatic hydroxyl groups excluding tert-OH is 2. The summed E-state index contributed by atoms with van der Waals surface area (Å²) in [6, 6.07) is 4.89. The molecule has 0 saturated heterocycles. The Morgan fingerprint density at radius 3 is 2.46 bits per heavy atom. The Bertz CT molecular complexity index is 540. The molecule has 0 bridgehead atoms. The van der Waals surface area contributed by atoms with Crippen molar-refractivity contribution in [2.75, 3.05) is 20.3 Å². The fourth-order valence-electron chi connectivity index (χ4n) is 1.98. The molecule has 0 spiro atoms. The van der Waals surface area contributed by atoms with Crippen LogP contribution in [0.5, 0.6) is 11.5 Å². The fraction of sp³-hybridized carbons (Fsp3) is 0.588. The monoisotopic (exact) mass is 341 g/mol. The Morgan fingerprint density at radius 2 is 1.92 bits per heavy atom. The van der Waals surface area contributed by atoms with Gasteiger partial charge < -0.3 is 29.7 Å². The van der Waals surface area contributed by atoms with E-state index in [2.05, 4.69) is 5.32 Å². The quantitative estimate of drug-likeness (QED) is 0.702. The predicted molar refractivity (Wildman–Crippen MR) is 89.4 cm³/mol. The molecule has 1 rings (SSSR count). The molecule has 0 radical (unpaired) electrons. The van der Waals surface area contributed by atoms with Crippen LogP contribution in [0.1, 0.15) is 39.4 Å². The molecule has 136 valence electrons. The van der Waals surface area contributed by atoms with E-state index in [0.29, 0.717) is 23.7 Å². The highest BCUT2D eigenvalue weighted by molar-refractivity contribution is 5.67. The number of hydrogen-bond acceptors (Lipinski definition) is 6. The summed E-state index contributed by atoms with van der Waals surface area (Å²) < 4.78 is 15.7. The second-order valence-corrected chi connectivity index (χ2v) is 6.24. The minimum Gasteiger partial charge on any atom is -0.493 e. The van der Waals surface area contributed by atoms with Crippen molar-refractivity contribution in [1.29, 1.82) is 0 Å². The van der Waals surface area contributed by atoms with E-state index in [4.69, 9.17) is 14.2 Å². The minimum absolute atomic E-state index is 0.147. The standard InChI is InChI=1S/C17H27NO6/c1-6-23-13-8-7-11(9-14(13)22-5)15(20)12(19)10-18-16(21)24-17(2,3)4/h7-9,12,15,19-20H,6,10H2,1-5H3,(H,18,21). The molecule has 1 amide bonds.